The Morgan fingerprint density at radius 3 is 2.36 bits per heavy atom. The summed E-state index contributed by atoms with van der Waals surface area (Å²) >= 11 is 0. The van der Waals surface area contributed by atoms with Gasteiger partial charge in [0.25, 0.3) is 0 Å². The fourth-order valence-electron chi connectivity index (χ4n) is 2.18. The Bertz CT molecular complexity index is 580. The van der Waals surface area contributed by atoms with E-state index in [9.17, 15) is 22.4 Å². The molecule has 0 saturated carbocycles. The molecule has 122 valence electrons. The molecule has 2 rings (SSSR count). The Labute approximate surface area is 125 Å². The number of hydrogen-bond donors (Lipinski definition) is 0. The van der Waals surface area contributed by atoms with E-state index in [4.69, 9.17) is 4.74 Å². The summed E-state index contributed by atoms with van der Waals surface area (Å²) in [5.74, 6) is -5.25. The van der Waals surface area contributed by atoms with Crippen LogP contribution in [-0.4, -0.2) is 29.7 Å². The number of amides is 1. The van der Waals surface area contributed by atoms with Gasteiger partial charge in [0.15, 0.2) is 17.5 Å². The van der Waals surface area contributed by atoms with Crippen molar-refractivity contribution in [1.29, 1.82) is 0 Å². The normalized spacial score (nSPS) is 17.1. The summed E-state index contributed by atoms with van der Waals surface area (Å²) in [5, 5.41) is 0. The summed E-state index contributed by atoms with van der Waals surface area (Å²) in [6.45, 7) is 5.19. The van der Waals surface area contributed by atoms with Crippen LogP contribution in [0, 0.1) is 23.4 Å². The zero-order valence-corrected chi connectivity index (χ0v) is 12.5. The molecule has 0 radical (unpaired) electrons. The number of carbonyl (C=O) groups excluding carboxylic acids is 1. The highest BCUT2D eigenvalue weighted by molar-refractivity contribution is 5.69. The molecule has 22 heavy (non-hydrogen) atoms. The first kappa shape index (κ1) is 16.6. The molecule has 0 spiro atoms. The Hall–Kier alpha value is -1.79. The highest BCUT2D eigenvalue weighted by atomic mass is 19.2. The second kappa shape index (κ2) is 5.78. The van der Waals surface area contributed by atoms with Crippen LogP contribution in [0.25, 0.3) is 0 Å². The molecule has 1 heterocycles. The van der Waals surface area contributed by atoms with Crippen LogP contribution in [0.3, 0.4) is 0 Å². The standard InChI is InChI=1S/C15H17F4NO2/c1-15(2,3)22-14(21)20-6-8(7-20)11(17)9-4-5-10(16)13(19)12(9)18/h4-5,8,11H,6-7H2,1-3H3. The lowest BCUT2D eigenvalue weighted by Crippen LogP contribution is -2.53. The summed E-state index contributed by atoms with van der Waals surface area (Å²) < 4.78 is 58.9. The average Bonchev–Trinajstić information content (AvgIpc) is 2.31. The molecule has 0 aromatic heterocycles. The summed E-state index contributed by atoms with van der Waals surface area (Å²) in [6.07, 6.45) is -2.39. The van der Waals surface area contributed by atoms with E-state index in [0.717, 1.165) is 6.07 Å². The first-order valence-electron chi connectivity index (χ1n) is 6.85. The quantitative estimate of drug-likeness (QED) is 0.609. The Morgan fingerprint density at radius 2 is 1.82 bits per heavy atom. The Morgan fingerprint density at radius 1 is 1.23 bits per heavy atom. The molecule has 1 atom stereocenters. The summed E-state index contributed by atoms with van der Waals surface area (Å²) in [6, 6.07) is 1.57. The Balaban J connectivity index is 1.99. The van der Waals surface area contributed by atoms with E-state index in [1.165, 1.54) is 4.90 Å². The molecular formula is C15H17F4NO2. The highest BCUT2D eigenvalue weighted by Gasteiger charge is 2.40. The van der Waals surface area contributed by atoms with Crippen molar-refractivity contribution in [2.24, 2.45) is 5.92 Å². The van der Waals surface area contributed by atoms with Crippen LogP contribution in [0.4, 0.5) is 22.4 Å². The molecule has 1 fully saturated rings. The number of hydrogen-bond acceptors (Lipinski definition) is 2. The van der Waals surface area contributed by atoms with Crippen LogP contribution in [0.1, 0.15) is 32.5 Å². The number of halogens is 4. The van der Waals surface area contributed by atoms with Crippen LogP contribution in [0.5, 0.6) is 0 Å². The molecule has 0 N–H and O–H groups in total. The average molecular weight is 319 g/mol. The van der Waals surface area contributed by atoms with Gasteiger partial charge in [-0.1, -0.05) is 6.07 Å². The molecule has 1 unspecified atom stereocenters. The maximum absolute atomic E-state index is 14.2. The molecular weight excluding hydrogens is 302 g/mol. The third kappa shape index (κ3) is 3.34. The van der Waals surface area contributed by atoms with Crippen molar-refractivity contribution in [1.82, 2.24) is 4.90 Å². The van der Waals surface area contributed by atoms with Crippen molar-refractivity contribution in [3.63, 3.8) is 0 Å². The molecule has 1 aromatic rings. The second-order valence-electron chi connectivity index (χ2n) is 6.31. The number of nitrogens with zero attached hydrogens (tertiary/aromatic N) is 1. The fourth-order valence-corrected chi connectivity index (χ4v) is 2.18. The minimum absolute atomic E-state index is 0.0362. The van der Waals surface area contributed by atoms with Crippen LogP contribution < -0.4 is 0 Å². The van der Waals surface area contributed by atoms with Crippen molar-refractivity contribution in [2.75, 3.05) is 13.1 Å². The van der Waals surface area contributed by atoms with Gasteiger partial charge in [0.05, 0.1) is 0 Å². The zero-order valence-electron chi connectivity index (χ0n) is 12.5. The van der Waals surface area contributed by atoms with Gasteiger partial charge in [-0.25, -0.2) is 22.4 Å². The van der Waals surface area contributed by atoms with Crippen LogP contribution in [0.15, 0.2) is 12.1 Å². The molecule has 1 amide bonds. The van der Waals surface area contributed by atoms with Crippen molar-refractivity contribution in [2.45, 2.75) is 32.5 Å². The maximum atomic E-state index is 14.2. The molecule has 1 saturated heterocycles. The number of carbonyl (C=O) groups is 1. The number of benzene rings is 1. The van der Waals surface area contributed by atoms with Crippen molar-refractivity contribution < 1.29 is 27.1 Å². The first-order valence-corrected chi connectivity index (χ1v) is 6.85. The maximum Gasteiger partial charge on any atom is 0.410 e. The summed E-state index contributed by atoms with van der Waals surface area (Å²) in [4.78, 5) is 13.0. The third-order valence-corrected chi connectivity index (χ3v) is 3.34. The summed E-state index contributed by atoms with van der Waals surface area (Å²) in [5.41, 5.74) is -1.20. The van der Waals surface area contributed by atoms with Gasteiger partial charge in [-0.3, -0.25) is 0 Å². The van der Waals surface area contributed by atoms with Gasteiger partial charge in [-0.15, -0.1) is 0 Å². The molecule has 1 aliphatic rings. The largest absolute Gasteiger partial charge is 0.444 e. The van der Waals surface area contributed by atoms with Crippen LogP contribution >= 0.6 is 0 Å². The van der Waals surface area contributed by atoms with Gasteiger partial charge in [0.1, 0.15) is 11.8 Å². The molecule has 1 aromatic carbocycles. The summed E-state index contributed by atoms with van der Waals surface area (Å²) in [7, 11) is 0. The predicted octanol–water partition coefficient (Wildman–Crippen LogP) is 3.98. The smallest absolute Gasteiger partial charge is 0.410 e. The van der Waals surface area contributed by atoms with E-state index in [0.29, 0.717) is 6.07 Å². The lowest BCUT2D eigenvalue weighted by molar-refractivity contribution is -0.0159. The lowest BCUT2D eigenvalue weighted by atomic mass is 9.90. The minimum Gasteiger partial charge on any atom is -0.444 e. The molecule has 0 aliphatic carbocycles. The van der Waals surface area contributed by atoms with E-state index in [2.05, 4.69) is 0 Å². The number of ether oxygens (including phenoxy) is 1. The van der Waals surface area contributed by atoms with Crippen molar-refractivity contribution in [3.05, 3.63) is 35.1 Å². The first-order chi connectivity index (χ1) is 10.1. The van der Waals surface area contributed by atoms with Gasteiger partial charge >= 0.3 is 6.09 Å². The zero-order chi connectivity index (χ0) is 16.7. The van der Waals surface area contributed by atoms with E-state index in [-0.39, 0.29) is 13.1 Å². The van der Waals surface area contributed by atoms with Crippen LogP contribution in [-0.2, 0) is 4.74 Å². The monoisotopic (exact) mass is 319 g/mol. The molecule has 7 heteroatoms. The highest BCUT2D eigenvalue weighted by Crippen LogP contribution is 2.35. The molecule has 1 aliphatic heterocycles. The van der Waals surface area contributed by atoms with Gasteiger partial charge in [0.2, 0.25) is 0 Å². The molecule has 0 bridgehead atoms. The SMILES string of the molecule is CC(C)(C)OC(=O)N1CC(C(F)c2ccc(F)c(F)c2F)C1. The van der Waals surface area contributed by atoms with Crippen molar-refractivity contribution in [3.8, 4) is 0 Å². The third-order valence-electron chi connectivity index (χ3n) is 3.34. The number of rotatable bonds is 2. The van der Waals surface area contributed by atoms with Gasteiger partial charge in [-0.05, 0) is 26.8 Å². The number of alkyl halides is 1. The predicted molar refractivity (Wildman–Crippen MR) is 71.5 cm³/mol. The minimum atomic E-state index is -1.81. The van der Waals surface area contributed by atoms with E-state index in [1.807, 2.05) is 0 Å². The number of likely N-dealkylation sites (tertiary alicyclic amines) is 1. The van der Waals surface area contributed by atoms with E-state index < -0.39 is 46.8 Å². The second-order valence-corrected chi connectivity index (χ2v) is 6.31. The van der Waals surface area contributed by atoms with E-state index in [1.54, 1.807) is 20.8 Å². The topological polar surface area (TPSA) is 29.5 Å². The van der Waals surface area contributed by atoms with Gasteiger partial charge < -0.3 is 9.64 Å². The van der Waals surface area contributed by atoms with Crippen molar-refractivity contribution >= 4 is 6.09 Å². The van der Waals surface area contributed by atoms with Crippen LogP contribution in [0.2, 0.25) is 0 Å². The van der Waals surface area contributed by atoms with Gasteiger partial charge in [0, 0.05) is 24.6 Å². The molecule has 3 nitrogen and oxygen atoms in total. The fraction of sp³-hybridized carbons (Fsp3) is 0.533. The Kier molecular flexibility index (Phi) is 4.35. The lowest BCUT2D eigenvalue weighted by Gasteiger charge is -2.41. The van der Waals surface area contributed by atoms with Gasteiger partial charge in [-0.2, -0.15) is 0 Å². The van der Waals surface area contributed by atoms with E-state index >= 15 is 0 Å².